The molecule has 0 aliphatic heterocycles. The summed E-state index contributed by atoms with van der Waals surface area (Å²) in [6, 6.07) is 0. The minimum atomic E-state index is 0.316. The first kappa shape index (κ1) is 6.39. The van der Waals surface area contributed by atoms with E-state index in [4.69, 9.17) is 0 Å². The molecule has 0 aromatic rings. The molecule has 0 unspecified atom stereocenters. The summed E-state index contributed by atoms with van der Waals surface area (Å²) in [6.07, 6.45) is 5.77. The Labute approximate surface area is 74.5 Å². The molecule has 0 bridgehead atoms. The fourth-order valence-corrected chi connectivity index (χ4v) is 3.57. The van der Waals surface area contributed by atoms with Crippen molar-refractivity contribution in [1.82, 2.24) is 0 Å². The molecule has 0 aromatic heterocycles. The second-order valence-corrected chi connectivity index (χ2v) is 6.41. The molecule has 0 atom stereocenters. The average Bonchev–Trinajstić information content (AvgIpc) is 2.54. The summed E-state index contributed by atoms with van der Waals surface area (Å²) in [6.45, 7) is 0. The third-order valence-corrected chi connectivity index (χ3v) is 4.09. The van der Waals surface area contributed by atoms with Crippen LogP contribution in [0.15, 0.2) is 33.0 Å². The number of halogens is 2. The number of hydrogen-bond donors (Lipinski definition) is 0. The van der Waals surface area contributed by atoms with E-state index in [1.165, 1.54) is 12.0 Å². The van der Waals surface area contributed by atoms with Crippen LogP contribution >= 0.6 is 18.6 Å². The Hall–Kier alpha value is 0.680. The van der Waals surface area contributed by atoms with Gasteiger partial charge in [-0.15, -0.1) is 0 Å². The maximum absolute atomic E-state index is 2.48. The van der Waals surface area contributed by atoms with E-state index >= 15 is 0 Å². The molecule has 48 valence electrons. The van der Waals surface area contributed by atoms with Crippen molar-refractivity contribution in [2.75, 3.05) is 0 Å². The topological polar surface area (TPSA) is 0 Å². The van der Waals surface area contributed by atoms with E-state index in [1.54, 1.807) is 11.1 Å². The van der Waals surface area contributed by atoms with E-state index in [0.717, 1.165) is 0 Å². The van der Waals surface area contributed by atoms with Crippen LogP contribution in [-0.4, -0.2) is 0 Å². The molecule has 0 nitrogen and oxygen atoms in total. The summed E-state index contributed by atoms with van der Waals surface area (Å²) in [5.41, 5.74) is 4.72. The molecule has 0 amide bonds. The van der Waals surface area contributed by atoms with Crippen molar-refractivity contribution < 1.29 is 17.2 Å². The van der Waals surface area contributed by atoms with Crippen LogP contribution in [0, 0.1) is 0 Å². The van der Waals surface area contributed by atoms with Gasteiger partial charge in [-0.05, 0) is 0 Å². The Kier molecular flexibility index (Phi) is 1.69. The SMILES string of the molecule is I[I-]/C=C1/C=CC2=C1C2. The summed E-state index contributed by atoms with van der Waals surface area (Å²) in [5, 5.41) is 0. The normalized spacial score (nSPS) is 26.1. The number of allylic oxidation sites excluding steroid dienone is 5. The minimum absolute atomic E-state index is 0.316. The fourth-order valence-electron chi connectivity index (χ4n) is 1.03. The molecule has 0 saturated carbocycles. The first-order valence-corrected chi connectivity index (χ1v) is 10.3. The molecule has 2 aliphatic rings. The van der Waals surface area contributed by atoms with Crippen molar-refractivity contribution >= 4 is 18.6 Å². The van der Waals surface area contributed by atoms with Gasteiger partial charge in [0.25, 0.3) is 0 Å². The monoisotopic (exact) mass is 343 g/mol. The van der Waals surface area contributed by atoms with E-state index in [1.807, 2.05) is 0 Å². The Balaban J connectivity index is 2.26. The van der Waals surface area contributed by atoms with Crippen LogP contribution in [0.25, 0.3) is 0 Å². The maximum atomic E-state index is 2.48. The van der Waals surface area contributed by atoms with Crippen molar-refractivity contribution in [1.29, 1.82) is 0 Å². The standard InChI is InChI=1S/C7H5I2/c8-9-4-6-2-1-5-3-7(5)6/h1-2,4H,3H2/q-1/b6-4-. The van der Waals surface area contributed by atoms with Crippen LogP contribution in [0.3, 0.4) is 0 Å². The Morgan fingerprint density at radius 2 is 2.44 bits per heavy atom. The van der Waals surface area contributed by atoms with Crippen LogP contribution < -0.4 is 17.2 Å². The van der Waals surface area contributed by atoms with Crippen LogP contribution in [0.4, 0.5) is 0 Å². The van der Waals surface area contributed by atoms with Gasteiger partial charge in [-0.2, -0.15) is 0 Å². The average molecular weight is 343 g/mol. The molecule has 9 heavy (non-hydrogen) atoms. The molecule has 0 heterocycles. The third-order valence-electron chi connectivity index (χ3n) is 1.60. The van der Waals surface area contributed by atoms with Crippen LogP contribution in [0.5, 0.6) is 0 Å². The van der Waals surface area contributed by atoms with E-state index in [2.05, 4.69) is 34.9 Å². The van der Waals surface area contributed by atoms with Gasteiger partial charge in [0.05, 0.1) is 0 Å². The van der Waals surface area contributed by atoms with Gasteiger partial charge < -0.3 is 0 Å². The van der Waals surface area contributed by atoms with E-state index < -0.39 is 0 Å². The van der Waals surface area contributed by atoms with Gasteiger partial charge in [-0.1, -0.05) is 0 Å². The zero-order valence-electron chi connectivity index (χ0n) is 4.70. The number of rotatable bonds is 1. The molecule has 0 saturated heterocycles. The predicted octanol–water partition coefficient (Wildman–Crippen LogP) is -0.421. The van der Waals surface area contributed by atoms with Crippen molar-refractivity contribution in [2.45, 2.75) is 6.42 Å². The molecule has 0 fully saturated rings. The quantitative estimate of drug-likeness (QED) is 0.568. The first-order valence-electron chi connectivity index (χ1n) is 2.77. The number of hydrogen-bond acceptors (Lipinski definition) is 0. The molecule has 0 spiro atoms. The third kappa shape index (κ3) is 1.11. The summed E-state index contributed by atoms with van der Waals surface area (Å²) >= 11 is 2.80. The van der Waals surface area contributed by atoms with E-state index in [-0.39, 0.29) is 0 Å². The van der Waals surface area contributed by atoms with E-state index in [9.17, 15) is 0 Å². The van der Waals surface area contributed by atoms with Gasteiger partial charge in [0, 0.05) is 0 Å². The molecule has 2 heteroatoms. The molecular weight excluding hydrogens is 338 g/mol. The summed E-state index contributed by atoms with van der Waals surface area (Å²) in [7, 11) is 0. The summed E-state index contributed by atoms with van der Waals surface area (Å²) in [5.74, 6) is 0. The van der Waals surface area contributed by atoms with Crippen LogP contribution in [0.2, 0.25) is 0 Å². The zero-order valence-corrected chi connectivity index (χ0v) is 9.01. The first-order chi connectivity index (χ1) is 4.42. The fraction of sp³-hybridized carbons (Fsp3) is 0.143. The van der Waals surface area contributed by atoms with Crippen molar-refractivity contribution in [3.63, 3.8) is 0 Å². The molecular formula is C7H5I2-. The van der Waals surface area contributed by atoms with Gasteiger partial charge in [0.1, 0.15) is 0 Å². The molecule has 0 N–H and O–H groups in total. The zero-order chi connectivity index (χ0) is 6.27. The molecule has 2 aliphatic carbocycles. The second kappa shape index (κ2) is 2.38. The van der Waals surface area contributed by atoms with Crippen molar-refractivity contribution in [2.24, 2.45) is 0 Å². The van der Waals surface area contributed by atoms with Crippen molar-refractivity contribution in [3.05, 3.63) is 33.0 Å². The molecule has 0 aromatic carbocycles. The van der Waals surface area contributed by atoms with Gasteiger partial charge >= 0.3 is 75.2 Å². The van der Waals surface area contributed by atoms with Gasteiger partial charge in [-0.3, -0.25) is 0 Å². The predicted molar refractivity (Wildman–Crippen MR) is 42.9 cm³/mol. The van der Waals surface area contributed by atoms with Gasteiger partial charge in [-0.25, -0.2) is 0 Å². The van der Waals surface area contributed by atoms with Gasteiger partial charge in [0.15, 0.2) is 0 Å². The van der Waals surface area contributed by atoms with E-state index in [0.29, 0.717) is 17.2 Å². The second-order valence-electron chi connectivity index (χ2n) is 2.16. The Morgan fingerprint density at radius 1 is 1.56 bits per heavy atom. The van der Waals surface area contributed by atoms with Crippen LogP contribution in [0.1, 0.15) is 6.42 Å². The molecule has 2 rings (SSSR count). The van der Waals surface area contributed by atoms with Crippen LogP contribution in [-0.2, 0) is 0 Å². The Morgan fingerprint density at radius 3 is 2.89 bits per heavy atom. The molecule has 0 radical (unpaired) electrons. The van der Waals surface area contributed by atoms with Gasteiger partial charge in [0.2, 0.25) is 0 Å². The summed E-state index contributed by atoms with van der Waals surface area (Å²) < 4.78 is 2.39. The summed E-state index contributed by atoms with van der Waals surface area (Å²) in [4.78, 5) is 0. The van der Waals surface area contributed by atoms with Crippen molar-refractivity contribution in [3.8, 4) is 0 Å². The Bertz CT molecular complexity index is 233.